The maximum atomic E-state index is 11.6. The van der Waals surface area contributed by atoms with Gasteiger partial charge >= 0.3 is 11.8 Å². The molecule has 0 heterocycles. The standard InChI is InChI=1S/C26H50N4O2/c1-3-5-7-9-11-13-15-17-19-21-23-27-29-25(31)26(32)30-28-24-22-20-18-16-14-12-10-8-6-4-2/h23-24H,3-22H2,1-2H3,(H,29,31)(H,30,32)/b27-23-,28-24+. The first-order valence-electron chi connectivity index (χ1n) is 13.4. The van der Waals surface area contributed by atoms with E-state index in [-0.39, 0.29) is 0 Å². The zero-order valence-corrected chi connectivity index (χ0v) is 21.0. The second-order valence-electron chi connectivity index (χ2n) is 8.74. The van der Waals surface area contributed by atoms with Crippen molar-refractivity contribution in [1.82, 2.24) is 10.9 Å². The number of amides is 2. The van der Waals surface area contributed by atoms with Gasteiger partial charge in [0.1, 0.15) is 0 Å². The molecule has 32 heavy (non-hydrogen) atoms. The summed E-state index contributed by atoms with van der Waals surface area (Å²) in [5, 5.41) is 7.66. The average Bonchev–Trinajstić information content (AvgIpc) is 2.80. The van der Waals surface area contributed by atoms with Crippen LogP contribution in [0.2, 0.25) is 0 Å². The molecule has 0 bridgehead atoms. The van der Waals surface area contributed by atoms with Gasteiger partial charge in [0.2, 0.25) is 0 Å². The highest BCUT2D eigenvalue weighted by atomic mass is 16.2. The first-order valence-corrected chi connectivity index (χ1v) is 13.4. The molecule has 2 N–H and O–H groups in total. The fourth-order valence-electron chi connectivity index (χ4n) is 3.53. The molecule has 0 spiro atoms. The Bertz CT molecular complexity index is 448. The molecule has 0 unspecified atom stereocenters. The zero-order valence-electron chi connectivity index (χ0n) is 21.0. The van der Waals surface area contributed by atoms with Crippen LogP contribution in [0.15, 0.2) is 10.2 Å². The minimum atomic E-state index is -0.784. The van der Waals surface area contributed by atoms with Crippen LogP contribution in [0.25, 0.3) is 0 Å². The Morgan fingerprint density at radius 1 is 0.500 bits per heavy atom. The molecule has 0 aromatic heterocycles. The maximum Gasteiger partial charge on any atom is 0.331 e. The van der Waals surface area contributed by atoms with Crippen LogP contribution in [-0.4, -0.2) is 24.2 Å². The Morgan fingerprint density at radius 2 is 0.781 bits per heavy atom. The summed E-state index contributed by atoms with van der Waals surface area (Å²) in [6.07, 6.45) is 28.0. The van der Waals surface area contributed by atoms with Gasteiger partial charge in [-0.15, -0.1) is 0 Å². The van der Waals surface area contributed by atoms with Crippen molar-refractivity contribution < 1.29 is 9.59 Å². The van der Waals surface area contributed by atoms with E-state index >= 15 is 0 Å². The SMILES string of the molecule is CCCCCCCCCCC/C=N\NC(=O)C(=O)N/N=C/CCCCCCCCCCC. The lowest BCUT2D eigenvalue weighted by molar-refractivity contribution is -0.139. The van der Waals surface area contributed by atoms with Gasteiger partial charge in [0.25, 0.3) is 0 Å². The highest BCUT2D eigenvalue weighted by Crippen LogP contribution is 2.11. The van der Waals surface area contributed by atoms with Gasteiger partial charge in [0.15, 0.2) is 0 Å². The molecule has 0 aliphatic heterocycles. The maximum absolute atomic E-state index is 11.6. The van der Waals surface area contributed by atoms with Gasteiger partial charge in [-0.1, -0.05) is 117 Å². The predicted molar refractivity (Wildman–Crippen MR) is 137 cm³/mol. The van der Waals surface area contributed by atoms with Gasteiger partial charge in [-0.05, 0) is 25.7 Å². The van der Waals surface area contributed by atoms with Crippen LogP contribution in [0, 0.1) is 0 Å². The Labute approximate surface area is 197 Å². The van der Waals surface area contributed by atoms with Crippen LogP contribution >= 0.6 is 0 Å². The third kappa shape index (κ3) is 23.0. The lowest BCUT2D eigenvalue weighted by atomic mass is 10.1. The minimum Gasteiger partial charge on any atom is -0.262 e. The summed E-state index contributed by atoms with van der Waals surface area (Å²) in [5.41, 5.74) is 4.50. The largest absolute Gasteiger partial charge is 0.331 e. The molecule has 0 atom stereocenters. The van der Waals surface area contributed by atoms with Crippen LogP contribution in [0.5, 0.6) is 0 Å². The molecular formula is C26H50N4O2. The number of carbonyl (C=O) groups excluding carboxylic acids is 2. The number of nitrogens with zero attached hydrogens (tertiary/aromatic N) is 2. The van der Waals surface area contributed by atoms with E-state index in [2.05, 4.69) is 34.9 Å². The van der Waals surface area contributed by atoms with E-state index in [0.717, 1.165) is 25.7 Å². The molecule has 0 aliphatic rings. The first kappa shape index (κ1) is 30.3. The van der Waals surface area contributed by atoms with Crippen molar-refractivity contribution in [3.63, 3.8) is 0 Å². The normalized spacial score (nSPS) is 11.4. The summed E-state index contributed by atoms with van der Waals surface area (Å²) in [6, 6.07) is 0. The molecule has 0 saturated carbocycles. The van der Waals surface area contributed by atoms with Crippen molar-refractivity contribution in [1.29, 1.82) is 0 Å². The number of hydrogen-bond donors (Lipinski definition) is 2. The Kier molecular flexibility index (Phi) is 24.2. The fraction of sp³-hybridized carbons (Fsp3) is 0.846. The molecule has 0 saturated heterocycles. The summed E-state index contributed by atoms with van der Waals surface area (Å²) >= 11 is 0. The second kappa shape index (κ2) is 25.5. The third-order valence-electron chi connectivity index (χ3n) is 5.59. The topological polar surface area (TPSA) is 82.9 Å². The van der Waals surface area contributed by atoms with E-state index in [9.17, 15) is 9.59 Å². The molecule has 0 radical (unpaired) electrons. The first-order chi connectivity index (χ1) is 15.7. The van der Waals surface area contributed by atoms with Crippen molar-refractivity contribution in [3.05, 3.63) is 0 Å². The Morgan fingerprint density at radius 3 is 1.09 bits per heavy atom. The highest BCUT2D eigenvalue weighted by Gasteiger charge is 2.10. The van der Waals surface area contributed by atoms with Crippen molar-refractivity contribution in [2.24, 2.45) is 10.2 Å². The molecule has 0 aromatic carbocycles. The fourth-order valence-corrected chi connectivity index (χ4v) is 3.53. The van der Waals surface area contributed by atoms with E-state index in [4.69, 9.17) is 0 Å². The number of hydrazone groups is 2. The van der Waals surface area contributed by atoms with Crippen LogP contribution in [0.4, 0.5) is 0 Å². The number of unbranched alkanes of at least 4 members (excludes halogenated alkanes) is 18. The quantitative estimate of drug-likeness (QED) is 0.0803. The second-order valence-corrected chi connectivity index (χ2v) is 8.74. The number of rotatable bonds is 22. The summed E-state index contributed by atoms with van der Waals surface area (Å²) in [7, 11) is 0. The molecule has 186 valence electrons. The van der Waals surface area contributed by atoms with E-state index in [1.54, 1.807) is 12.4 Å². The molecule has 0 aliphatic carbocycles. The summed E-state index contributed by atoms with van der Waals surface area (Å²) < 4.78 is 0. The van der Waals surface area contributed by atoms with E-state index < -0.39 is 11.8 Å². The highest BCUT2D eigenvalue weighted by molar-refractivity contribution is 6.35. The smallest absolute Gasteiger partial charge is 0.262 e. The van der Waals surface area contributed by atoms with Crippen molar-refractivity contribution in [2.75, 3.05) is 0 Å². The van der Waals surface area contributed by atoms with Gasteiger partial charge in [0, 0.05) is 12.4 Å². The lowest BCUT2D eigenvalue weighted by Gasteiger charge is -2.01. The number of carbonyl (C=O) groups is 2. The molecule has 0 rings (SSSR count). The molecule has 6 nitrogen and oxygen atoms in total. The van der Waals surface area contributed by atoms with Crippen LogP contribution in [0.3, 0.4) is 0 Å². The average molecular weight is 451 g/mol. The third-order valence-corrected chi connectivity index (χ3v) is 5.59. The van der Waals surface area contributed by atoms with E-state index in [1.807, 2.05) is 0 Å². The number of nitrogens with one attached hydrogen (secondary N) is 2. The molecular weight excluding hydrogens is 400 g/mol. The van der Waals surface area contributed by atoms with E-state index in [0.29, 0.717) is 0 Å². The zero-order chi connectivity index (χ0) is 23.5. The summed E-state index contributed by atoms with van der Waals surface area (Å²) in [6.45, 7) is 4.48. The van der Waals surface area contributed by atoms with Gasteiger partial charge < -0.3 is 0 Å². The predicted octanol–water partition coefficient (Wildman–Crippen LogP) is 7.03. The Balaban J connectivity index is 3.49. The molecule has 2 amide bonds. The lowest BCUT2D eigenvalue weighted by Crippen LogP contribution is -2.35. The van der Waals surface area contributed by atoms with Crippen LogP contribution in [-0.2, 0) is 9.59 Å². The van der Waals surface area contributed by atoms with Gasteiger partial charge in [-0.3, -0.25) is 9.59 Å². The van der Waals surface area contributed by atoms with Crippen LogP contribution in [0.1, 0.15) is 142 Å². The molecule has 0 aromatic rings. The van der Waals surface area contributed by atoms with E-state index in [1.165, 1.54) is 103 Å². The monoisotopic (exact) mass is 450 g/mol. The van der Waals surface area contributed by atoms with Gasteiger partial charge in [-0.25, -0.2) is 10.9 Å². The summed E-state index contributed by atoms with van der Waals surface area (Å²) in [4.78, 5) is 23.3. The minimum absolute atomic E-state index is 0.784. The number of hydrogen-bond acceptors (Lipinski definition) is 4. The summed E-state index contributed by atoms with van der Waals surface area (Å²) in [5.74, 6) is -1.57. The van der Waals surface area contributed by atoms with Crippen molar-refractivity contribution in [2.45, 2.75) is 142 Å². The molecule has 0 fully saturated rings. The Hall–Kier alpha value is -1.72. The van der Waals surface area contributed by atoms with Crippen molar-refractivity contribution in [3.8, 4) is 0 Å². The van der Waals surface area contributed by atoms with Crippen LogP contribution < -0.4 is 10.9 Å². The van der Waals surface area contributed by atoms with Gasteiger partial charge in [-0.2, -0.15) is 10.2 Å². The van der Waals surface area contributed by atoms with Crippen molar-refractivity contribution >= 4 is 24.2 Å². The van der Waals surface area contributed by atoms with Gasteiger partial charge in [0.05, 0.1) is 0 Å². The molecule has 6 heteroatoms.